The van der Waals surface area contributed by atoms with Crippen LogP contribution in [0.25, 0.3) is 10.6 Å². The van der Waals surface area contributed by atoms with Crippen LogP contribution in [0.4, 0.5) is 0 Å². The molecule has 28 heavy (non-hydrogen) atoms. The van der Waals surface area contributed by atoms with E-state index in [1.165, 1.54) is 0 Å². The number of amides is 2. The van der Waals surface area contributed by atoms with Crippen molar-refractivity contribution in [2.75, 3.05) is 13.1 Å². The highest BCUT2D eigenvalue weighted by Gasteiger charge is 2.29. The maximum Gasteiger partial charge on any atom is 0.274 e. The number of hydrogen-bond acceptors (Lipinski definition) is 7. The van der Waals surface area contributed by atoms with E-state index in [9.17, 15) is 9.59 Å². The maximum atomic E-state index is 12.7. The maximum absolute atomic E-state index is 12.7. The molecule has 0 bridgehead atoms. The van der Waals surface area contributed by atoms with Gasteiger partial charge in [-0.3, -0.25) is 14.7 Å². The lowest BCUT2D eigenvalue weighted by molar-refractivity contribution is -0.126. The van der Waals surface area contributed by atoms with E-state index in [1.54, 1.807) is 29.2 Å². The Morgan fingerprint density at radius 2 is 2.21 bits per heavy atom. The van der Waals surface area contributed by atoms with E-state index in [0.717, 1.165) is 10.6 Å². The van der Waals surface area contributed by atoms with Crippen LogP contribution in [0.5, 0.6) is 0 Å². The van der Waals surface area contributed by atoms with Gasteiger partial charge < -0.3 is 14.7 Å². The molecule has 1 aliphatic heterocycles. The molecule has 146 valence electrons. The summed E-state index contributed by atoms with van der Waals surface area (Å²) >= 11 is 1.59. The summed E-state index contributed by atoms with van der Waals surface area (Å²) in [7, 11) is 0. The van der Waals surface area contributed by atoms with Crippen LogP contribution >= 0.6 is 11.3 Å². The van der Waals surface area contributed by atoms with Gasteiger partial charge in [-0.1, -0.05) is 11.2 Å². The van der Waals surface area contributed by atoms with Gasteiger partial charge in [0.25, 0.3) is 5.91 Å². The van der Waals surface area contributed by atoms with Crippen molar-refractivity contribution in [3.05, 3.63) is 41.0 Å². The molecule has 0 unspecified atom stereocenters. The van der Waals surface area contributed by atoms with Crippen LogP contribution in [-0.2, 0) is 11.3 Å². The van der Waals surface area contributed by atoms with E-state index in [-0.39, 0.29) is 24.3 Å². The van der Waals surface area contributed by atoms with Crippen molar-refractivity contribution in [1.29, 1.82) is 0 Å². The lowest BCUT2D eigenvalue weighted by Gasteiger charge is -2.30. The van der Waals surface area contributed by atoms with Gasteiger partial charge in [0, 0.05) is 19.0 Å². The summed E-state index contributed by atoms with van der Waals surface area (Å²) in [5, 5.41) is 15.6. The molecule has 1 aliphatic rings. The average molecular weight is 400 g/mol. The predicted octanol–water partition coefficient (Wildman–Crippen LogP) is 2.00. The van der Waals surface area contributed by atoms with Crippen LogP contribution in [0.3, 0.4) is 0 Å². The Morgan fingerprint density at radius 3 is 2.89 bits per heavy atom. The molecule has 0 atom stereocenters. The summed E-state index contributed by atoms with van der Waals surface area (Å²) in [4.78, 5) is 31.9. The third-order valence-corrected chi connectivity index (χ3v) is 5.62. The number of thiophene rings is 1. The van der Waals surface area contributed by atoms with Crippen LogP contribution in [-0.4, -0.2) is 50.1 Å². The zero-order valence-corrected chi connectivity index (χ0v) is 16.2. The first-order chi connectivity index (χ1) is 13.6. The van der Waals surface area contributed by atoms with Gasteiger partial charge in [0.15, 0.2) is 11.5 Å². The number of aromatic nitrogens is 4. The molecule has 0 aromatic carbocycles. The molecular weight excluding hydrogens is 380 g/mol. The molecule has 1 fully saturated rings. The van der Waals surface area contributed by atoms with Crippen molar-refractivity contribution in [2.45, 2.75) is 26.3 Å². The van der Waals surface area contributed by atoms with E-state index < -0.39 is 0 Å². The Kier molecular flexibility index (Phi) is 5.20. The number of piperidine rings is 1. The molecule has 3 aromatic rings. The second-order valence-electron chi connectivity index (χ2n) is 6.66. The first-order valence-electron chi connectivity index (χ1n) is 9.05. The molecule has 0 aliphatic carbocycles. The van der Waals surface area contributed by atoms with Crippen molar-refractivity contribution in [2.24, 2.45) is 5.92 Å². The number of rotatable bonds is 5. The Labute approximate surface area is 165 Å². The zero-order chi connectivity index (χ0) is 19.5. The van der Waals surface area contributed by atoms with Gasteiger partial charge in [-0.2, -0.15) is 10.1 Å². The SMILES string of the molecule is Cc1noc(CNC(=O)C2CCN(C(=O)c3cc(-c4cccs4)[nH]n3)CC2)n1. The van der Waals surface area contributed by atoms with Crippen molar-refractivity contribution >= 4 is 23.2 Å². The molecular formula is C18H20N6O3S. The summed E-state index contributed by atoms with van der Waals surface area (Å²) in [5.41, 5.74) is 1.24. The molecule has 3 aromatic heterocycles. The van der Waals surface area contributed by atoms with Crippen molar-refractivity contribution in [3.63, 3.8) is 0 Å². The predicted molar refractivity (Wildman–Crippen MR) is 101 cm³/mol. The highest BCUT2D eigenvalue weighted by molar-refractivity contribution is 7.13. The minimum atomic E-state index is -0.131. The minimum Gasteiger partial charge on any atom is -0.347 e. The number of nitrogens with one attached hydrogen (secondary N) is 2. The van der Waals surface area contributed by atoms with E-state index >= 15 is 0 Å². The van der Waals surface area contributed by atoms with Gasteiger partial charge in [0.1, 0.15) is 0 Å². The lowest BCUT2D eigenvalue weighted by atomic mass is 9.95. The van der Waals surface area contributed by atoms with Crippen LogP contribution in [0.15, 0.2) is 28.1 Å². The Morgan fingerprint density at radius 1 is 1.39 bits per heavy atom. The van der Waals surface area contributed by atoms with Gasteiger partial charge in [-0.15, -0.1) is 11.3 Å². The number of H-pyrrole nitrogens is 1. The number of nitrogens with zero attached hydrogens (tertiary/aromatic N) is 4. The largest absolute Gasteiger partial charge is 0.347 e. The Hall–Kier alpha value is -3.01. The summed E-state index contributed by atoms with van der Waals surface area (Å²) in [6.45, 7) is 3.00. The van der Waals surface area contributed by atoms with Crippen LogP contribution in [0, 0.1) is 12.8 Å². The molecule has 10 heteroatoms. The molecule has 4 rings (SSSR count). The van der Waals surface area contributed by atoms with Gasteiger partial charge in [-0.05, 0) is 37.3 Å². The van der Waals surface area contributed by atoms with Crippen LogP contribution in [0.2, 0.25) is 0 Å². The van der Waals surface area contributed by atoms with Gasteiger partial charge in [0.05, 0.1) is 17.1 Å². The first-order valence-corrected chi connectivity index (χ1v) is 9.93. The molecule has 0 spiro atoms. The molecule has 0 radical (unpaired) electrons. The normalized spacial score (nSPS) is 15.0. The fraction of sp³-hybridized carbons (Fsp3) is 0.389. The number of aromatic amines is 1. The molecule has 2 amide bonds. The van der Waals surface area contributed by atoms with E-state index in [1.807, 2.05) is 17.5 Å². The molecule has 9 nitrogen and oxygen atoms in total. The van der Waals surface area contributed by atoms with Gasteiger partial charge in [-0.25, -0.2) is 0 Å². The second kappa shape index (κ2) is 7.93. The summed E-state index contributed by atoms with van der Waals surface area (Å²) in [6, 6.07) is 5.71. The quantitative estimate of drug-likeness (QED) is 0.676. The number of hydrogen-bond donors (Lipinski definition) is 2. The zero-order valence-electron chi connectivity index (χ0n) is 15.3. The highest BCUT2D eigenvalue weighted by atomic mass is 32.1. The minimum absolute atomic E-state index is 0.0531. The van der Waals surface area contributed by atoms with Gasteiger partial charge in [0.2, 0.25) is 11.8 Å². The van der Waals surface area contributed by atoms with Gasteiger partial charge >= 0.3 is 0 Å². The van der Waals surface area contributed by atoms with Crippen molar-refractivity contribution in [1.82, 2.24) is 30.6 Å². The number of aryl methyl sites for hydroxylation is 1. The lowest BCUT2D eigenvalue weighted by Crippen LogP contribution is -2.43. The fourth-order valence-corrected chi connectivity index (χ4v) is 3.91. The number of likely N-dealkylation sites (tertiary alicyclic amines) is 1. The molecule has 1 saturated heterocycles. The summed E-state index contributed by atoms with van der Waals surface area (Å²) < 4.78 is 4.99. The first kappa shape index (κ1) is 18.4. The second-order valence-corrected chi connectivity index (χ2v) is 7.61. The van der Waals surface area contributed by atoms with Crippen LogP contribution in [0.1, 0.15) is 35.0 Å². The third-order valence-electron chi connectivity index (χ3n) is 4.72. The fourth-order valence-electron chi connectivity index (χ4n) is 3.21. The molecule has 4 heterocycles. The Bertz CT molecular complexity index is 956. The smallest absolute Gasteiger partial charge is 0.274 e. The van der Waals surface area contributed by atoms with E-state index in [0.29, 0.717) is 43.3 Å². The standard InChI is InChI=1S/C18H20N6O3S/c1-11-20-16(27-23-11)10-19-17(25)12-4-6-24(7-5-12)18(26)14-9-13(21-22-14)15-3-2-8-28-15/h2-3,8-9,12H,4-7,10H2,1H3,(H,19,25)(H,21,22). The number of carbonyl (C=O) groups excluding carboxylic acids is 2. The summed E-state index contributed by atoms with van der Waals surface area (Å²) in [5.74, 6) is 0.631. The van der Waals surface area contributed by atoms with E-state index in [4.69, 9.17) is 4.52 Å². The molecule has 0 saturated carbocycles. The Balaban J connectivity index is 1.28. The van der Waals surface area contributed by atoms with E-state index in [2.05, 4.69) is 25.7 Å². The average Bonchev–Trinajstić information content (AvgIpc) is 3.46. The summed E-state index contributed by atoms with van der Waals surface area (Å²) in [6.07, 6.45) is 1.23. The number of carbonyl (C=O) groups is 2. The van der Waals surface area contributed by atoms with Crippen LogP contribution < -0.4 is 5.32 Å². The monoisotopic (exact) mass is 400 g/mol. The van der Waals surface area contributed by atoms with Crippen molar-refractivity contribution in [3.8, 4) is 10.6 Å². The topological polar surface area (TPSA) is 117 Å². The highest BCUT2D eigenvalue weighted by Crippen LogP contribution is 2.24. The van der Waals surface area contributed by atoms with Crippen molar-refractivity contribution < 1.29 is 14.1 Å². The third kappa shape index (κ3) is 3.96. The molecule has 2 N–H and O–H groups in total.